The second-order valence-corrected chi connectivity index (χ2v) is 5.01. The van der Waals surface area contributed by atoms with Crippen molar-refractivity contribution in [1.82, 2.24) is 9.59 Å². The number of alkyl halides is 2. The molecule has 0 bridgehead atoms. The molecule has 0 spiro atoms. The van der Waals surface area contributed by atoms with Crippen LogP contribution in [-0.2, 0) is 6.54 Å². The fourth-order valence-corrected chi connectivity index (χ4v) is 2.14. The van der Waals surface area contributed by atoms with Crippen LogP contribution in [0.4, 0.5) is 14.5 Å². The van der Waals surface area contributed by atoms with E-state index in [-0.39, 0.29) is 5.75 Å². The Hall–Kier alpha value is -1.47. The second-order valence-electron chi connectivity index (χ2n) is 3.65. The maximum atomic E-state index is 12.2. The molecule has 0 saturated carbocycles. The highest BCUT2D eigenvalue weighted by atomic mass is 35.5. The van der Waals surface area contributed by atoms with Gasteiger partial charge in [0.05, 0.1) is 6.54 Å². The van der Waals surface area contributed by atoms with Crippen LogP contribution in [-0.4, -0.2) is 16.2 Å². The minimum Gasteiger partial charge on any atom is -0.434 e. The molecular weight excluding hydrogens is 296 g/mol. The van der Waals surface area contributed by atoms with Crippen LogP contribution in [0.15, 0.2) is 18.2 Å². The molecule has 0 aliphatic heterocycles. The molecule has 0 aliphatic carbocycles. The Morgan fingerprint density at radius 2 is 2.26 bits per heavy atom. The fraction of sp³-hybridized carbons (Fsp3) is 0.273. The predicted octanol–water partition coefficient (Wildman–Crippen LogP) is 3.71. The molecule has 8 heteroatoms. The number of benzene rings is 1. The Morgan fingerprint density at radius 1 is 1.47 bits per heavy atom. The molecule has 0 saturated heterocycles. The summed E-state index contributed by atoms with van der Waals surface area (Å²) in [7, 11) is 0. The van der Waals surface area contributed by atoms with Crippen LogP contribution in [0.1, 0.15) is 11.3 Å². The van der Waals surface area contributed by atoms with Crippen LogP contribution in [0.3, 0.4) is 0 Å². The maximum Gasteiger partial charge on any atom is 0.387 e. The first-order valence-corrected chi connectivity index (χ1v) is 6.48. The normalized spacial score (nSPS) is 10.8. The van der Waals surface area contributed by atoms with E-state index >= 15 is 0 Å². The third kappa shape index (κ3) is 3.51. The molecule has 1 heterocycles. The number of hydrogen-bond donors (Lipinski definition) is 1. The summed E-state index contributed by atoms with van der Waals surface area (Å²) in [5, 5.41) is 6.92. The Morgan fingerprint density at radius 3 is 2.89 bits per heavy atom. The number of hydrogen-bond acceptors (Lipinski definition) is 5. The average molecular weight is 306 g/mol. The topological polar surface area (TPSA) is 47.0 Å². The van der Waals surface area contributed by atoms with E-state index < -0.39 is 6.61 Å². The zero-order valence-corrected chi connectivity index (χ0v) is 11.4. The second kappa shape index (κ2) is 6.12. The van der Waals surface area contributed by atoms with Gasteiger partial charge in [-0.15, -0.1) is 5.10 Å². The SMILES string of the molecule is Cc1c(NCc2nnsc2Cl)cccc1OC(F)F. The number of anilines is 1. The van der Waals surface area contributed by atoms with Gasteiger partial charge in [-0.05, 0) is 19.1 Å². The summed E-state index contributed by atoms with van der Waals surface area (Å²) in [5.74, 6) is 0.141. The summed E-state index contributed by atoms with van der Waals surface area (Å²) in [5.41, 5.74) is 1.90. The monoisotopic (exact) mass is 305 g/mol. The van der Waals surface area contributed by atoms with E-state index in [2.05, 4.69) is 19.6 Å². The van der Waals surface area contributed by atoms with Crippen LogP contribution >= 0.6 is 23.1 Å². The molecule has 0 amide bonds. The number of rotatable bonds is 5. The van der Waals surface area contributed by atoms with Crippen molar-refractivity contribution in [3.63, 3.8) is 0 Å². The van der Waals surface area contributed by atoms with Gasteiger partial charge in [-0.2, -0.15) is 8.78 Å². The lowest BCUT2D eigenvalue weighted by Gasteiger charge is -2.13. The van der Waals surface area contributed by atoms with E-state index in [9.17, 15) is 8.78 Å². The molecule has 4 nitrogen and oxygen atoms in total. The molecule has 0 aliphatic rings. The molecule has 0 fully saturated rings. The number of nitrogens with one attached hydrogen (secondary N) is 1. The van der Waals surface area contributed by atoms with E-state index in [0.29, 0.717) is 27.8 Å². The van der Waals surface area contributed by atoms with E-state index in [1.165, 1.54) is 6.07 Å². The van der Waals surface area contributed by atoms with Gasteiger partial charge in [0, 0.05) is 22.8 Å². The summed E-state index contributed by atoms with van der Waals surface area (Å²) in [6.45, 7) is -0.777. The lowest BCUT2D eigenvalue weighted by molar-refractivity contribution is -0.0502. The third-order valence-electron chi connectivity index (χ3n) is 2.46. The zero-order chi connectivity index (χ0) is 13.8. The van der Waals surface area contributed by atoms with Gasteiger partial charge in [-0.1, -0.05) is 22.2 Å². The smallest absolute Gasteiger partial charge is 0.387 e. The Kier molecular flexibility index (Phi) is 4.49. The Balaban J connectivity index is 2.10. The molecule has 1 aromatic heterocycles. The van der Waals surface area contributed by atoms with E-state index in [1.807, 2.05) is 0 Å². The van der Waals surface area contributed by atoms with Crippen LogP contribution in [0.25, 0.3) is 0 Å². The highest BCUT2D eigenvalue weighted by Gasteiger charge is 2.11. The van der Waals surface area contributed by atoms with Crippen molar-refractivity contribution in [3.8, 4) is 5.75 Å². The molecule has 0 atom stereocenters. The molecule has 0 radical (unpaired) electrons. The van der Waals surface area contributed by atoms with E-state index in [1.54, 1.807) is 19.1 Å². The number of aromatic nitrogens is 2. The van der Waals surface area contributed by atoms with E-state index in [0.717, 1.165) is 11.5 Å². The van der Waals surface area contributed by atoms with Gasteiger partial charge in [0.25, 0.3) is 0 Å². The highest BCUT2D eigenvalue weighted by molar-refractivity contribution is 7.10. The first-order chi connectivity index (χ1) is 9.08. The summed E-state index contributed by atoms with van der Waals surface area (Å²) >= 11 is 6.97. The van der Waals surface area contributed by atoms with Crippen LogP contribution in [0.5, 0.6) is 5.75 Å². The maximum absolute atomic E-state index is 12.2. The number of ether oxygens (including phenoxy) is 1. The number of halogens is 3. The summed E-state index contributed by atoms with van der Waals surface area (Å²) in [6, 6.07) is 4.89. The third-order valence-corrected chi connectivity index (χ3v) is 3.44. The van der Waals surface area contributed by atoms with Gasteiger partial charge in [0.15, 0.2) is 0 Å². The molecule has 0 unspecified atom stereocenters. The minimum atomic E-state index is -2.84. The average Bonchev–Trinajstić information content (AvgIpc) is 2.76. The molecule has 102 valence electrons. The van der Waals surface area contributed by atoms with Crippen molar-refractivity contribution in [2.24, 2.45) is 0 Å². The van der Waals surface area contributed by atoms with Crippen molar-refractivity contribution < 1.29 is 13.5 Å². The highest BCUT2D eigenvalue weighted by Crippen LogP contribution is 2.27. The van der Waals surface area contributed by atoms with Gasteiger partial charge in [0.2, 0.25) is 0 Å². The van der Waals surface area contributed by atoms with Gasteiger partial charge in [0.1, 0.15) is 15.8 Å². The van der Waals surface area contributed by atoms with Gasteiger partial charge in [-0.25, -0.2) is 0 Å². The zero-order valence-electron chi connectivity index (χ0n) is 9.86. The van der Waals surface area contributed by atoms with Crippen LogP contribution in [0.2, 0.25) is 4.34 Å². The largest absolute Gasteiger partial charge is 0.434 e. The summed E-state index contributed by atoms with van der Waals surface area (Å²) in [6.07, 6.45) is 0. The minimum absolute atomic E-state index is 0.141. The lowest BCUT2D eigenvalue weighted by Crippen LogP contribution is -2.06. The Labute approximate surface area is 117 Å². The molecular formula is C11H10ClF2N3OS. The summed E-state index contributed by atoms with van der Waals surface area (Å²) in [4.78, 5) is 0. The number of nitrogens with zero attached hydrogens (tertiary/aromatic N) is 2. The van der Waals surface area contributed by atoms with Crippen molar-refractivity contribution in [2.75, 3.05) is 5.32 Å². The molecule has 19 heavy (non-hydrogen) atoms. The molecule has 2 rings (SSSR count). The van der Waals surface area contributed by atoms with Gasteiger partial charge in [-0.3, -0.25) is 0 Å². The van der Waals surface area contributed by atoms with Crippen LogP contribution < -0.4 is 10.1 Å². The van der Waals surface area contributed by atoms with Crippen molar-refractivity contribution in [3.05, 3.63) is 33.8 Å². The standard InChI is InChI=1S/C11H10ClF2N3OS/c1-6-7(3-2-4-9(6)18-11(13)14)15-5-8-10(12)19-17-16-8/h2-4,11,15H,5H2,1H3. The first-order valence-electron chi connectivity index (χ1n) is 5.33. The molecule has 1 N–H and O–H groups in total. The molecule has 2 aromatic rings. The predicted molar refractivity (Wildman–Crippen MR) is 70.1 cm³/mol. The summed E-state index contributed by atoms with van der Waals surface area (Å²) < 4.78 is 33.1. The fourth-order valence-electron chi connectivity index (χ4n) is 1.51. The quantitative estimate of drug-likeness (QED) is 0.914. The lowest BCUT2D eigenvalue weighted by atomic mass is 10.2. The van der Waals surface area contributed by atoms with Crippen molar-refractivity contribution in [2.45, 2.75) is 20.1 Å². The van der Waals surface area contributed by atoms with Crippen molar-refractivity contribution >= 4 is 28.8 Å². The van der Waals surface area contributed by atoms with Crippen LogP contribution in [0, 0.1) is 6.92 Å². The van der Waals surface area contributed by atoms with Gasteiger partial charge < -0.3 is 10.1 Å². The van der Waals surface area contributed by atoms with Crippen molar-refractivity contribution in [1.29, 1.82) is 0 Å². The molecule has 1 aromatic carbocycles. The van der Waals surface area contributed by atoms with E-state index in [4.69, 9.17) is 11.6 Å². The Bertz CT molecular complexity index is 565. The van der Waals surface area contributed by atoms with Gasteiger partial charge >= 0.3 is 6.61 Å². The first kappa shape index (κ1) is 14.0.